The Morgan fingerprint density at radius 3 is 2.06 bits per heavy atom. The lowest BCUT2D eigenvalue weighted by Gasteiger charge is -2.36. The van der Waals surface area contributed by atoms with E-state index in [-0.39, 0.29) is 0 Å². The average Bonchev–Trinajstić information content (AvgIpc) is 3.35. The van der Waals surface area contributed by atoms with Gasteiger partial charge in [-0.2, -0.15) is 0 Å². The van der Waals surface area contributed by atoms with Crippen molar-refractivity contribution < 1.29 is 0 Å². The average molecular weight is 437 g/mol. The number of hydrogen-bond acceptors (Lipinski definition) is 1. The minimum atomic E-state index is -1.88. The third-order valence-corrected chi connectivity index (χ3v) is 13.1. The van der Waals surface area contributed by atoms with Gasteiger partial charge in [0.05, 0.1) is 13.3 Å². The molecule has 6 rings (SSSR count). The predicted molar refractivity (Wildman–Crippen MR) is 138 cm³/mol. The molecule has 0 nitrogen and oxygen atoms in total. The molecule has 1 unspecified atom stereocenters. The molecule has 2 aromatic carbocycles. The number of rotatable bonds is 2. The minimum Gasteiger partial charge on any atom is -0.118 e. The Labute approximate surface area is 191 Å². The van der Waals surface area contributed by atoms with Gasteiger partial charge in [0.15, 0.2) is 0 Å². The van der Waals surface area contributed by atoms with E-state index < -0.39 is 8.07 Å². The summed E-state index contributed by atoms with van der Waals surface area (Å²) in [5.74, 6) is 0. The molecule has 3 aliphatic carbocycles. The predicted octanol–water partition coefficient (Wildman–Crippen LogP) is 8.12. The zero-order valence-corrected chi connectivity index (χ0v) is 20.7. The lowest BCUT2D eigenvalue weighted by atomic mass is 9.92. The standard InChI is InChI=1S/C29H28SSi/c1-17-14-20-15-25-18(2)19(3)30-27(25)16-26(20)28(17)31(4,5)29-23-12-8-6-10-21(23)22-11-7-9-13-24(22)29/h6-16,27,29H,1-5H3. The van der Waals surface area contributed by atoms with Crippen LogP contribution in [0, 0.1) is 0 Å². The van der Waals surface area contributed by atoms with Crippen LogP contribution in [0.1, 0.15) is 37.4 Å². The van der Waals surface area contributed by atoms with Crippen molar-refractivity contribution in [1.82, 2.24) is 0 Å². The van der Waals surface area contributed by atoms with E-state index in [9.17, 15) is 0 Å². The molecule has 0 bridgehead atoms. The summed E-state index contributed by atoms with van der Waals surface area (Å²) in [6.45, 7) is 12.1. The van der Waals surface area contributed by atoms with Gasteiger partial charge in [0.1, 0.15) is 0 Å². The van der Waals surface area contributed by atoms with E-state index in [0.29, 0.717) is 10.8 Å². The van der Waals surface area contributed by atoms with Crippen LogP contribution >= 0.6 is 11.8 Å². The highest BCUT2D eigenvalue weighted by atomic mass is 32.2. The van der Waals surface area contributed by atoms with E-state index >= 15 is 0 Å². The summed E-state index contributed by atoms with van der Waals surface area (Å²) in [5, 5.41) is 2.15. The fraction of sp³-hybridized carbons (Fsp3) is 0.241. The monoisotopic (exact) mass is 436 g/mol. The fourth-order valence-electron chi connectivity index (χ4n) is 6.36. The summed E-state index contributed by atoms with van der Waals surface area (Å²) in [7, 11) is -1.88. The lowest BCUT2D eigenvalue weighted by Crippen LogP contribution is -2.39. The first-order chi connectivity index (χ1) is 14.9. The van der Waals surface area contributed by atoms with E-state index in [2.05, 4.69) is 101 Å². The van der Waals surface area contributed by atoms with Crippen LogP contribution in [0.5, 0.6) is 0 Å². The largest absolute Gasteiger partial charge is 0.118 e. The van der Waals surface area contributed by atoms with E-state index in [1.54, 1.807) is 5.20 Å². The van der Waals surface area contributed by atoms with E-state index in [1.165, 1.54) is 55.0 Å². The van der Waals surface area contributed by atoms with E-state index in [1.807, 2.05) is 11.8 Å². The lowest BCUT2D eigenvalue weighted by molar-refractivity contribution is 1.11. The molecular weight excluding hydrogens is 408 g/mol. The Morgan fingerprint density at radius 1 is 0.806 bits per heavy atom. The van der Waals surface area contributed by atoms with Crippen LogP contribution in [0.3, 0.4) is 0 Å². The molecule has 0 spiro atoms. The van der Waals surface area contributed by atoms with E-state index in [4.69, 9.17) is 0 Å². The highest BCUT2D eigenvalue weighted by molar-refractivity contribution is 8.04. The highest BCUT2D eigenvalue weighted by Gasteiger charge is 2.46. The number of hydrogen-bond donors (Lipinski definition) is 0. The van der Waals surface area contributed by atoms with Crippen molar-refractivity contribution in [2.45, 2.75) is 44.7 Å². The molecule has 0 amide bonds. The Kier molecular flexibility index (Phi) is 4.13. The van der Waals surface area contributed by atoms with Gasteiger partial charge < -0.3 is 0 Å². The maximum Gasteiger partial charge on any atom is 0.0939 e. The van der Waals surface area contributed by atoms with E-state index in [0.717, 1.165) is 0 Å². The molecule has 2 aromatic rings. The number of allylic oxidation sites excluding steroid dienone is 8. The molecule has 0 fully saturated rings. The molecule has 0 saturated heterocycles. The minimum absolute atomic E-state index is 0.487. The summed E-state index contributed by atoms with van der Waals surface area (Å²) in [5.41, 5.74) is 13.9. The van der Waals surface area contributed by atoms with Crippen molar-refractivity contribution >= 4 is 19.8 Å². The van der Waals surface area contributed by atoms with Gasteiger partial charge in [-0.1, -0.05) is 79.4 Å². The first-order valence-corrected chi connectivity index (χ1v) is 15.2. The van der Waals surface area contributed by atoms with Crippen molar-refractivity contribution in [3.63, 3.8) is 0 Å². The van der Waals surface area contributed by atoms with Gasteiger partial charge in [-0.3, -0.25) is 0 Å². The Hall–Kier alpha value is -2.29. The second-order valence-electron chi connectivity index (χ2n) is 9.89. The maximum absolute atomic E-state index is 2.60. The highest BCUT2D eigenvalue weighted by Crippen LogP contribution is 2.55. The topological polar surface area (TPSA) is 0 Å². The molecule has 31 heavy (non-hydrogen) atoms. The summed E-state index contributed by atoms with van der Waals surface area (Å²) >= 11 is 2.03. The Bertz CT molecular complexity index is 1270. The van der Waals surface area contributed by atoms with Crippen LogP contribution < -0.4 is 0 Å². The number of fused-ring (bicyclic) bond motifs is 5. The molecule has 1 atom stereocenters. The van der Waals surface area contributed by atoms with Crippen LogP contribution in [0.15, 0.2) is 105 Å². The molecule has 1 aliphatic heterocycles. The zero-order valence-electron chi connectivity index (χ0n) is 18.9. The number of thioether (sulfide) groups is 1. The van der Waals surface area contributed by atoms with Gasteiger partial charge in [-0.25, -0.2) is 0 Å². The van der Waals surface area contributed by atoms with Crippen LogP contribution in [0.25, 0.3) is 11.1 Å². The molecule has 0 N–H and O–H groups in total. The summed E-state index contributed by atoms with van der Waals surface area (Å²) in [6.07, 6.45) is 7.52. The van der Waals surface area contributed by atoms with Crippen molar-refractivity contribution in [3.8, 4) is 11.1 Å². The molecule has 2 heteroatoms. The fourth-order valence-corrected chi connectivity index (χ4v) is 12.0. The second kappa shape index (κ2) is 6.60. The van der Waals surface area contributed by atoms with Crippen LogP contribution in [-0.4, -0.2) is 13.3 Å². The Morgan fingerprint density at radius 2 is 1.42 bits per heavy atom. The normalized spacial score (nSPS) is 22.1. The third-order valence-electron chi connectivity index (χ3n) is 7.75. The van der Waals surface area contributed by atoms with Crippen molar-refractivity contribution in [2.75, 3.05) is 0 Å². The molecular formula is C29H28SSi. The first-order valence-electron chi connectivity index (χ1n) is 11.3. The molecule has 0 aromatic heterocycles. The van der Waals surface area contributed by atoms with Gasteiger partial charge in [0.25, 0.3) is 0 Å². The van der Waals surface area contributed by atoms with Crippen molar-refractivity contribution in [3.05, 3.63) is 116 Å². The summed E-state index contributed by atoms with van der Waals surface area (Å²) < 4.78 is 0. The van der Waals surface area contributed by atoms with Crippen LogP contribution in [-0.2, 0) is 0 Å². The van der Waals surface area contributed by atoms with Gasteiger partial charge in [0, 0.05) is 5.54 Å². The van der Waals surface area contributed by atoms with Crippen molar-refractivity contribution in [1.29, 1.82) is 0 Å². The van der Waals surface area contributed by atoms with Crippen molar-refractivity contribution in [2.24, 2.45) is 0 Å². The Balaban J connectivity index is 1.49. The zero-order chi connectivity index (χ0) is 21.5. The molecule has 0 radical (unpaired) electrons. The molecule has 154 valence electrons. The summed E-state index contributed by atoms with van der Waals surface area (Å²) in [6, 6.07) is 18.2. The quantitative estimate of drug-likeness (QED) is 0.428. The maximum atomic E-state index is 2.60. The van der Waals surface area contributed by atoms with Gasteiger partial charge in [-0.15, -0.1) is 11.8 Å². The first kappa shape index (κ1) is 19.4. The van der Waals surface area contributed by atoms with Crippen LogP contribution in [0.4, 0.5) is 0 Å². The van der Waals surface area contributed by atoms with Crippen LogP contribution in [0.2, 0.25) is 13.1 Å². The molecule has 1 heterocycles. The number of benzene rings is 2. The van der Waals surface area contributed by atoms with Gasteiger partial charge in [-0.05, 0) is 81.5 Å². The SMILES string of the molecule is CC1=C([Si](C)(C)C2c3ccccc3-c3ccccc32)C2=CC3SC(C)=C(C)C3=CC2=C1. The molecule has 4 aliphatic rings. The van der Waals surface area contributed by atoms with Gasteiger partial charge in [0.2, 0.25) is 0 Å². The second-order valence-corrected chi connectivity index (χ2v) is 15.8. The van der Waals surface area contributed by atoms with Gasteiger partial charge >= 0.3 is 0 Å². The summed E-state index contributed by atoms with van der Waals surface area (Å²) in [4.78, 5) is 1.48. The third kappa shape index (κ3) is 2.61. The molecule has 0 saturated carbocycles. The smallest absolute Gasteiger partial charge is 0.0939 e.